The van der Waals surface area contributed by atoms with Crippen LogP contribution in [0.15, 0.2) is 64.9 Å². The number of morpholine rings is 1. The lowest BCUT2D eigenvalue weighted by Crippen LogP contribution is -2.36. The van der Waals surface area contributed by atoms with Gasteiger partial charge in [-0.25, -0.2) is 18.4 Å². The highest BCUT2D eigenvalue weighted by Crippen LogP contribution is 2.22. The number of ether oxygens (including phenoxy) is 1. The summed E-state index contributed by atoms with van der Waals surface area (Å²) in [6, 6.07) is 7.97. The van der Waals surface area contributed by atoms with Gasteiger partial charge in [0.2, 0.25) is 9.84 Å². The number of hydrogen-bond donors (Lipinski definition) is 2. The highest BCUT2D eigenvalue weighted by molar-refractivity contribution is 7.91. The van der Waals surface area contributed by atoms with Crippen LogP contribution in [0.1, 0.15) is 16.1 Å². The number of H-pyrrole nitrogens is 1. The molecule has 2 N–H and O–H groups in total. The molecule has 12 heteroatoms. The summed E-state index contributed by atoms with van der Waals surface area (Å²) in [5.41, 5.74) is 1.51. The third-order valence-electron chi connectivity index (χ3n) is 5.46. The lowest BCUT2D eigenvalue weighted by atomic mass is 10.2. The van der Waals surface area contributed by atoms with Crippen molar-refractivity contribution in [1.29, 1.82) is 0 Å². The number of nitrogens with one attached hydrogen (secondary N) is 2. The fraction of sp³-hybridized carbons (Fsp3) is 0.227. The zero-order valence-electron chi connectivity index (χ0n) is 18.0. The second-order valence-corrected chi connectivity index (χ2v) is 9.60. The van der Waals surface area contributed by atoms with Gasteiger partial charge in [-0.3, -0.25) is 14.9 Å². The zero-order valence-corrected chi connectivity index (χ0v) is 18.8. The molecular weight excluding hydrogens is 458 g/mol. The van der Waals surface area contributed by atoms with Gasteiger partial charge in [0.25, 0.3) is 5.91 Å². The number of rotatable bonds is 6. The van der Waals surface area contributed by atoms with Gasteiger partial charge < -0.3 is 15.0 Å². The minimum atomic E-state index is -3.77. The van der Waals surface area contributed by atoms with Crippen LogP contribution in [0.2, 0.25) is 0 Å². The summed E-state index contributed by atoms with van der Waals surface area (Å²) in [6.07, 6.45) is 5.69. The number of hydrogen-bond acceptors (Lipinski definition) is 9. The SMILES string of the molecule is O=C(NCc1ccc(S(=O)(=O)c2ccc(N3CCOCC3)nc2)cn1)c1cnc2[nH]ncc2c1. The van der Waals surface area contributed by atoms with E-state index in [1.807, 2.05) is 4.90 Å². The minimum absolute atomic E-state index is 0.0538. The topological polar surface area (TPSA) is 143 Å². The van der Waals surface area contributed by atoms with E-state index < -0.39 is 9.84 Å². The number of sulfone groups is 1. The van der Waals surface area contributed by atoms with Crippen molar-refractivity contribution in [2.24, 2.45) is 0 Å². The van der Waals surface area contributed by atoms with E-state index in [0.29, 0.717) is 35.9 Å². The fourth-order valence-electron chi connectivity index (χ4n) is 3.56. The Balaban J connectivity index is 1.24. The standard InChI is InChI=1S/C22H21N7O4S/c30-22(16-9-15-11-27-28-21(15)25-10-16)26-12-17-1-2-18(13-23-17)34(31,32)19-3-4-20(24-14-19)29-5-7-33-8-6-29/h1-4,9-11,13-14H,5-8,12H2,(H,26,30)(H,25,27,28). The van der Waals surface area contributed by atoms with Crippen LogP contribution in [-0.2, 0) is 21.1 Å². The molecule has 34 heavy (non-hydrogen) atoms. The van der Waals surface area contributed by atoms with Crippen molar-refractivity contribution in [3.8, 4) is 0 Å². The van der Waals surface area contributed by atoms with E-state index >= 15 is 0 Å². The average molecular weight is 480 g/mol. The van der Waals surface area contributed by atoms with E-state index in [1.54, 1.807) is 30.5 Å². The number of nitrogens with zero attached hydrogens (tertiary/aromatic N) is 5. The number of aromatic amines is 1. The Morgan fingerprint density at radius 2 is 1.76 bits per heavy atom. The molecule has 4 aromatic rings. The van der Waals surface area contributed by atoms with Gasteiger partial charge in [0.05, 0.1) is 47.0 Å². The molecular formula is C22H21N7O4S. The van der Waals surface area contributed by atoms with Crippen molar-refractivity contribution < 1.29 is 17.9 Å². The number of carbonyl (C=O) groups is 1. The fourth-order valence-corrected chi connectivity index (χ4v) is 4.70. The van der Waals surface area contributed by atoms with Gasteiger partial charge in [-0.1, -0.05) is 0 Å². The summed E-state index contributed by atoms with van der Waals surface area (Å²) in [6.45, 7) is 2.82. The van der Waals surface area contributed by atoms with Crippen molar-refractivity contribution in [2.45, 2.75) is 16.3 Å². The van der Waals surface area contributed by atoms with Crippen LogP contribution in [0.3, 0.4) is 0 Å². The predicted octanol–water partition coefficient (Wildman–Crippen LogP) is 1.35. The molecule has 1 amide bonds. The first-order valence-electron chi connectivity index (χ1n) is 10.6. The van der Waals surface area contributed by atoms with Crippen LogP contribution in [0, 0.1) is 0 Å². The molecule has 1 fully saturated rings. The Kier molecular flexibility index (Phi) is 5.90. The van der Waals surface area contributed by atoms with Crippen molar-refractivity contribution in [1.82, 2.24) is 30.5 Å². The van der Waals surface area contributed by atoms with Crippen LogP contribution < -0.4 is 10.2 Å². The Labute approximate surface area is 195 Å². The number of amides is 1. The molecule has 0 unspecified atom stereocenters. The van der Waals surface area contributed by atoms with Crippen LogP contribution in [0.4, 0.5) is 5.82 Å². The summed E-state index contributed by atoms with van der Waals surface area (Å²) in [7, 11) is -3.77. The largest absolute Gasteiger partial charge is 0.378 e. The molecule has 0 atom stereocenters. The van der Waals surface area contributed by atoms with Gasteiger partial charge in [0, 0.05) is 37.1 Å². The highest BCUT2D eigenvalue weighted by atomic mass is 32.2. The average Bonchev–Trinajstić information content (AvgIpc) is 3.36. The van der Waals surface area contributed by atoms with Gasteiger partial charge in [-0.15, -0.1) is 0 Å². The van der Waals surface area contributed by atoms with Crippen LogP contribution in [-0.4, -0.2) is 65.8 Å². The smallest absolute Gasteiger partial charge is 0.253 e. The Morgan fingerprint density at radius 1 is 1.00 bits per heavy atom. The molecule has 174 valence electrons. The summed E-state index contributed by atoms with van der Waals surface area (Å²) in [5, 5.41) is 10.1. The Hall–Kier alpha value is -3.90. The molecule has 0 aliphatic carbocycles. The molecule has 0 aromatic carbocycles. The van der Waals surface area contributed by atoms with Crippen LogP contribution >= 0.6 is 0 Å². The first-order valence-corrected chi connectivity index (χ1v) is 12.1. The maximum Gasteiger partial charge on any atom is 0.253 e. The van der Waals surface area contributed by atoms with Crippen molar-refractivity contribution in [3.05, 3.63) is 66.4 Å². The van der Waals surface area contributed by atoms with Crippen LogP contribution in [0.5, 0.6) is 0 Å². The molecule has 1 saturated heterocycles. The highest BCUT2D eigenvalue weighted by Gasteiger charge is 2.20. The number of carbonyl (C=O) groups excluding carboxylic acids is 1. The molecule has 4 aromatic heterocycles. The third-order valence-corrected chi connectivity index (χ3v) is 7.18. The molecule has 0 saturated carbocycles. The van der Waals surface area contributed by atoms with E-state index in [1.165, 1.54) is 24.7 Å². The van der Waals surface area contributed by atoms with Gasteiger partial charge in [-0.2, -0.15) is 5.10 Å². The minimum Gasteiger partial charge on any atom is -0.378 e. The van der Waals surface area contributed by atoms with Gasteiger partial charge >= 0.3 is 0 Å². The van der Waals surface area contributed by atoms with E-state index in [2.05, 4.69) is 30.5 Å². The molecule has 5 heterocycles. The summed E-state index contributed by atoms with van der Waals surface area (Å²) >= 11 is 0. The maximum absolute atomic E-state index is 13.0. The normalized spacial score (nSPS) is 14.3. The lowest BCUT2D eigenvalue weighted by molar-refractivity contribution is 0.0950. The van der Waals surface area contributed by atoms with Crippen LogP contribution in [0.25, 0.3) is 11.0 Å². The van der Waals surface area contributed by atoms with E-state index in [9.17, 15) is 13.2 Å². The quantitative estimate of drug-likeness (QED) is 0.419. The van der Waals surface area contributed by atoms with Crippen molar-refractivity contribution >= 4 is 32.6 Å². The van der Waals surface area contributed by atoms with Gasteiger partial charge in [0.15, 0.2) is 5.65 Å². The Bertz CT molecular complexity index is 1410. The maximum atomic E-state index is 13.0. The number of pyridine rings is 3. The summed E-state index contributed by atoms with van der Waals surface area (Å²) < 4.78 is 31.3. The molecule has 0 spiro atoms. The van der Waals surface area contributed by atoms with Gasteiger partial charge in [0.1, 0.15) is 5.82 Å². The van der Waals surface area contributed by atoms with Crippen molar-refractivity contribution in [3.63, 3.8) is 0 Å². The molecule has 11 nitrogen and oxygen atoms in total. The van der Waals surface area contributed by atoms with E-state index in [4.69, 9.17) is 4.74 Å². The molecule has 1 aliphatic heterocycles. The van der Waals surface area contributed by atoms with E-state index in [0.717, 1.165) is 18.5 Å². The Morgan fingerprint density at radius 3 is 2.47 bits per heavy atom. The lowest BCUT2D eigenvalue weighted by Gasteiger charge is -2.27. The number of aromatic nitrogens is 5. The molecule has 0 radical (unpaired) electrons. The first-order chi connectivity index (χ1) is 16.5. The first kappa shape index (κ1) is 21.9. The second kappa shape index (κ2) is 9.15. The monoisotopic (exact) mass is 479 g/mol. The third kappa shape index (κ3) is 4.45. The zero-order chi connectivity index (χ0) is 23.5. The summed E-state index contributed by atoms with van der Waals surface area (Å²) in [5.74, 6) is 0.397. The number of fused-ring (bicyclic) bond motifs is 1. The summed E-state index contributed by atoms with van der Waals surface area (Å²) in [4.78, 5) is 27.3. The molecule has 1 aliphatic rings. The molecule has 5 rings (SSSR count). The van der Waals surface area contributed by atoms with E-state index in [-0.39, 0.29) is 22.2 Å². The predicted molar refractivity (Wildman–Crippen MR) is 122 cm³/mol. The van der Waals surface area contributed by atoms with Crippen molar-refractivity contribution in [2.75, 3.05) is 31.2 Å². The number of anilines is 1. The molecule has 0 bridgehead atoms. The van der Waals surface area contributed by atoms with Gasteiger partial charge in [-0.05, 0) is 30.3 Å². The second-order valence-electron chi connectivity index (χ2n) is 7.65.